The molecule has 2 rings (SSSR count). The molecule has 4 nitrogen and oxygen atoms in total. The van der Waals surface area contributed by atoms with Gasteiger partial charge in [-0.05, 0) is 24.4 Å². The first-order valence-electron chi connectivity index (χ1n) is 4.94. The van der Waals surface area contributed by atoms with Crippen LogP contribution in [-0.4, -0.2) is 30.5 Å². The molecule has 1 aliphatic heterocycles. The quantitative estimate of drug-likeness (QED) is 0.738. The first-order chi connectivity index (χ1) is 7.31. The summed E-state index contributed by atoms with van der Waals surface area (Å²) < 4.78 is 14.2. The molecule has 5 heteroatoms. The van der Waals surface area contributed by atoms with Crippen molar-refractivity contribution in [3.8, 4) is 5.88 Å². The Balaban J connectivity index is 2.05. The molecule has 0 saturated carbocycles. The van der Waals surface area contributed by atoms with Crippen LogP contribution in [0.25, 0.3) is 0 Å². The number of carbonyl (C=O) groups is 1. The monoisotopic (exact) mass is 227 g/mol. The van der Waals surface area contributed by atoms with Crippen LogP contribution in [0.1, 0.15) is 22.5 Å². The van der Waals surface area contributed by atoms with Crippen molar-refractivity contribution in [2.24, 2.45) is 5.92 Å². The van der Waals surface area contributed by atoms with Crippen molar-refractivity contribution >= 4 is 17.3 Å². The van der Waals surface area contributed by atoms with Gasteiger partial charge in [0.25, 0.3) is 0 Å². The molecular weight excluding hydrogens is 214 g/mol. The molecule has 1 aromatic heterocycles. The molecule has 15 heavy (non-hydrogen) atoms. The maximum atomic E-state index is 12.0. The van der Waals surface area contributed by atoms with Gasteiger partial charge in [-0.3, -0.25) is 4.79 Å². The molecule has 0 bridgehead atoms. The average molecular weight is 227 g/mol. The van der Waals surface area contributed by atoms with E-state index in [0.717, 1.165) is 19.4 Å². The third-order valence-electron chi connectivity index (χ3n) is 2.47. The zero-order chi connectivity index (χ0) is 10.7. The van der Waals surface area contributed by atoms with Crippen molar-refractivity contribution in [2.45, 2.75) is 12.8 Å². The Bertz CT molecular complexity index is 344. The zero-order valence-electron chi connectivity index (χ0n) is 8.56. The Hall–Kier alpha value is -0.940. The highest BCUT2D eigenvalue weighted by Crippen LogP contribution is 2.23. The van der Waals surface area contributed by atoms with E-state index in [4.69, 9.17) is 9.47 Å². The summed E-state index contributed by atoms with van der Waals surface area (Å²) in [6.45, 7) is 1.31. The van der Waals surface area contributed by atoms with E-state index in [9.17, 15) is 4.79 Å². The Labute approximate surface area is 92.4 Å². The summed E-state index contributed by atoms with van der Waals surface area (Å²) in [5, 5.41) is 0. The van der Waals surface area contributed by atoms with Gasteiger partial charge in [0.15, 0.2) is 5.78 Å². The number of ether oxygens (including phenoxy) is 2. The summed E-state index contributed by atoms with van der Waals surface area (Å²) in [7, 11) is 1.55. The van der Waals surface area contributed by atoms with Gasteiger partial charge in [0, 0.05) is 18.6 Å². The molecule has 1 unspecified atom stereocenters. The Morgan fingerprint density at radius 2 is 2.60 bits per heavy atom. The molecule has 1 aliphatic rings. The van der Waals surface area contributed by atoms with Gasteiger partial charge >= 0.3 is 0 Å². The maximum absolute atomic E-state index is 12.0. The second-order valence-electron chi connectivity index (χ2n) is 3.51. The van der Waals surface area contributed by atoms with Crippen molar-refractivity contribution in [1.82, 2.24) is 4.37 Å². The number of carbonyl (C=O) groups excluding carboxylic acids is 1. The molecule has 82 valence electrons. The van der Waals surface area contributed by atoms with Crippen LogP contribution >= 0.6 is 11.5 Å². The summed E-state index contributed by atoms with van der Waals surface area (Å²) in [4.78, 5) is 12.6. The first kappa shape index (κ1) is 10.6. The molecule has 0 N–H and O–H groups in total. The predicted molar refractivity (Wildman–Crippen MR) is 56.5 cm³/mol. The van der Waals surface area contributed by atoms with Crippen LogP contribution in [0.5, 0.6) is 5.88 Å². The molecule has 0 spiro atoms. The molecule has 0 radical (unpaired) electrons. The van der Waals surface area contributed by atoms with Crippen LogP contribution in [0.15, 0.2) is 6.07 Å². The number of nitrogens with zero attached hydrogens (tertiary/aromatic N) is 1. The normalized spacial score (nSPS) is 21.3. The van der Waals surface area contributed by atoms with Gasteiger partial charge < -0.3 is 9.47 Å². The Morgan fingerprint density at radius 3 is 3.20 bits per heavy atom. The number of aromatic nitrogens is 1. The largest absolute Gasteiger partial charge is 0.480 e. The topological polar surface area (TPSA) is 48.4 Å². The molecule has 1 saturated heterocycles. The second kappa shape index (κ2) is 4.72. The average Bonchev–Trinajstić information content (AvgIpc) is 2.78. The fraction of sp³-hybridized carbons (Fsp3) is 0.600. The minimum absolute atomic E-state index is 0.00362. The molecule has 2 heterocycles. The maximum Gasteiger partial charge on any atom is 0.225 e. The molecular formula is C10H13NO3S. The highest BCUT2D eigenvalue weighted by molar-refractivity contribution is 7.08. The zero-order valence-corrected chi connectivity index (χ0v) is 9.38. The van der Waals surface area contributed by atoms with E-state index in [1.807, 2.05) is 0 Å². The summed E-state index contributed by atoms with van der Waals surface area (Å²) in [6, 6.07) is 1.70. The van der Waals surface area contributed by atoms with Crippen molar-refractivity contribution in [1.29, 1.82) is 0 Å². The lowest BCUT2D eigenvalue weighted by atomic mass is 9.96. The van der Waals surface area contributed by atoms with Crippen molar-refractivity contribution in [2.75, 3.05) is 20.3 Å². The van der Waals surface area contributed by atoms with Gasteiger partial charge in [-0.25, -0.2) is 0 Å². The standard InChI is InChI=1S/C10H13NO3S/c1-13-9-5-8(15-11-9)10(12)7-3-2-4-14-6-7/h5,7H,2-4,6H2,1H3. The smallest absolute Gasteiger partial charge is 0.225 e. The first-order valence-corrected chi connectivity index (χ1v) is 5.71. The van der Waals surface area contributed by atoms with E-state index in [1.165, 1.54) is 11.5 Å². The van der Waals surface area contributed by atoms with Gasteiger partial charge in [-0.15, -0.1) is 0 Å². The molecule has 0 aromatic carbocycles. The van der Waals surface area contributed by atoms with Crippen molar-refractivity contribution < 1.29 is 14.3 Å². The van der Waals surface area contributed by atoms with E-state index < -0.39 is 0 Å². The third kappa shape index (κ3) is 2.35. The summed E-state index contributed by atoms with van der Waals surface area (Å²) >= 11 is 1.20. The lowest BCUT2D eigenvalue weighted by Crippen LogP contribution is -2.24. The molecule has 0 aliphatic carbocycles. The SMILES string of the molecule is COc1cc(C(=O)C2CCCOC2)sn1. The van der Waals surface area contributed by atoms with Crippen molar-refractivity contribution in [3.05, 3.63) is 10.9 Å². The minimum Gasteiger partial charge on any atom is -0.480 e. The van der Waals surface area contributed by atoms with E-state index in [2.05, 4.69) is 4.37 Å². The number of hydrogen-bond donors (Lipinski definition) is 0. The van der Waals surface area contributed by atoms with E-state index in [1.54, 1.807) is 13.2 Å². The fourth-order valence-corrected chi connectivity index (χ4v) is 2.35. The van der Waals surface area contributed by atoms with E-state index >= 15 is 0 Å². The number of Topliss-reactive ketones (excluding diaryl/α,β-unsaturated/α-hetero) is 1. The van der Waals surface area contributed by atoms with Gasteiger partial charge in [0.2, 0.25) is 5.88 Å². The van der Waals surface area contributed by atoms with Crippen LogP contribution in [0, 0.1) is 5.92 Å². The van der Waals surface area contributed by atoms with Crippen LogP contribution < -0.4 is 4.74 Å². The number of rotatable bonds is 3. The van der Waals surface area contributed by atoms with Crippen molar-refractivity contribution in [3.63, 3.8) is 0 Å². The number of methoxy groups -OCH3 is 1. The van der Waals surface area contributed by atoms with Crippen LogP contribution in [0.2, 0.25) is 0 Å². The lowest BCUT2D eigenvalue weighted by molar-refractivity contribution is 0.0464. The van der Waals surface area contributed by atoms with Gasteiger partial charge in [-0.2, -0.15) is 4.37 Å². The Kier molecular flexibility index (Phi) is 3.33. The van der Waals surface area contributed by atoms with Gasteiger partial charge in [-0.1, -0.05) is 0 Å². The van der Waals surface area contributed by atoms with Crippen LogP contribution in [-0.2, 0) is 4.74 Å². The van der Waals surface area contributed by atoms with Crippen LogP contribution in [0.4, 0.5) is 0 Å². The summed E-state index contributed by atoms with van der Waals surface area (Å²) in [5.41, 5.74) is 0. The minimum atomic E-state index is 0.00362. The van der Waals surface area contributed by atoms with Crippen LogP contribution in [0.3, 0.4) is 0 Å². The number of hydrogen-bond acceptors (Lipinski definition) is 5. The Morgan fingerprint density at radius 1 is 1.73 bits per heavy atom. The molecule has 1 atom stereocenters. The molecule has 0 amide bonds. The third-order valence-corrected chi connectivity index (χ3v) is 3.26. The highest BCUT2D eigenvalue weighted by atomic mass is 32.1. The highest BCUT2D eigenvalue weighted by Gasteiger charge is 2.24. The molecule has 1 aromatic rings. The van der Waals surface area contributed by atoms with Gasteiger partial charge in [0.1, 0.15) is 0 Å². The van der Waals surface area contributed by atoms with E-state index in [0.29, 0.717) is 17.4 Å². The lowest BCUT2D eigenvalue weighted by Gasteiger charge is -2.19. The van der Waals surface area contributed by atoms with E-state index in [-0.39, 0.29) is 11.7 Å². The predicted octanol–water partition coefficient (Wildman–Crippen LogP) is 1.76. The second-order valence-corrected chi connectivity index (χ2v) is 4.32. The fourth-order valence-electron chi connectivity index (χ4n) is 1.62. The van der Waals surface area contributed by atoms with Gasteiger partial charge in [0.05, 0.1) is 18.6 Å². The summed E-state index contributed by atoms with van der Waals surface area (Å²) in [6.07, 6.45) is 1.88. The number of ketones is 1. The summed E-state index contributed by atoms with van der Waals surface area (Å²) in [5.74, 6) is 0.652. The molecule has 1 fully saturated rings.